The standard InChI is InChI=1S/C13H18BrN3/c1-2-6-15-13-16-7-8-17(13)10-11-4-3-5-12(14)9-11/h3-5,9H,2,6-8,10H2,1H3,(H,15,16). The van der Waals surface area contributed by atoms with Crippen molar-refractivity contribution < 1.29 is 0 Å². The third kappa shape index (κ3) is 3.46. The first kappa shape index (κ1) is 12.4. The predicted molar refractivity (Wildman–Crippen MR) is 75.1 cm³/mol. The van der Waals surface area contributed by atoms with Crippen LogP contribution < -0.4 is 5.32 Å². The minimum atomic E-state index is 0.903. The smallest absolute Gasteiger partial charge is 0.194 e. The van der Waals surface area contributed by atoms with Crippen LogP contribution >= 0.6 is 15.9 Å². The van der Waals surface area contributed by atoms with Crippen LogP contribution in [0.3, 0.4) is 0 Å². The zero-order valence-corrected chi connectivity index (χ0v) is 11.7. The molecule has 0 radical (unpaired) electrons. The van der Waals surface area contributed by atoms with Gasteiger partial charge in [-0.25, -0.2) is 0 Å². The highest BCUT2D eigenvalue weighted by molar-refractivity contribution is 9.10. The molecule has 0 spiro atoms. The number of aliphatic imine (C=N–C) groups is 1. The molecule has 3 nitrogen and oxygen atoms in total. The van der Waals surface area contributed by atoms with Gasteiger partial charge in [-0.3, -0.25) is 4.99 Å². The molecule has 1 aromatic rings. The molecule has 0 saturated carbocycles. The Morgan fingerprint density at radius 3 is 3.12 bits per heavy atom. The molecule has 0 aromatic heterocycles. The maximum atomic E-state index is 4.49. The van der Waals surface area contributed by atoms with Crippen molar-refractivity contribution in [1.82, 2.24) is 10.2 Å². The average Bonchev–Trinajstić information content (AvgIpc) is 2.74. The average molecular weight is 296 g/mol. The van der Waals surface area contributed by atoms with Gasteiger partial charge in [-0.15, -0.1) is 0 Å². The summed E-state index contributed by atoms with van der Waals surface area (Å²) in [6.07, 6.45) is 1.13. The van der Waals surface area contributed by atoms with Crippen LogP contribution in [0.2, 0.25) is 0 Å². The molecule has 0 saturated heterocycles. The van der Waals surface area contributed by atoms with Crippen molar-refractivity contribution in [2.75, 3.05) is 19.6 Å². The monoisotopic (exact) mass is 295 g/mol. The van der Waals surface area contributed by atoms with Crippen LogP contribution in [0.1, 0.15) is 18.9 Å². The van der Waals surface area contributed by atoms with E-state index in [0.717, 1.165) is 43.0 Å². The lowest BCUT2D eigenvalue weighted by Gasteiger charge is -2.21. The molecule has 1 N–H and O–H groups in total. The first-order valence-corrected chi connectivity index (χ1v) is 6.86. The van der Waals surface area contributed by atoms with Gasteiger partial charge in [-0.05, 0) is 24.1 Å². The maximum Gasteiger partial charge on any atom is 0.194 e. The second-order valence-corrected chi connectivity index (χ2v) is 5.10. The number of guanidine groups is 1. The zero-order valence-electron chi connectivity index (χ0n) is 10.1. The van der Waals surface area contributed by atoms with Gasteiger partial charge in [0, 0.05) is 24.1 Å². The van der Waals surface area contributed by atoms with Crippen LogP contribution in [0, 0.1) is 0 Å². The fraction of sp³-hybridized carbons (Fsp3) is 0.462. The second kappa shape index (κ2) is 6.05. The molecule has 2 rings (SSSR count). The summed E-state index contributed by atoms with van der Waals surface area (Å²) < 4.78 is 1.13. The molecule has 0 aliphatic carbocycles. The van der Waals surface area contributed by atoms with Crippen LogP contribution in [0.15, 0.2) is 33.7 Å². The van der Waals surface area contributed by atoms with Gasteiger partial charge in [0.05, 0.1) is 6.54 Å². The van der Waals surface area contributed by atoms with Crippen LogP contribution in [0.25, 0.3) is 0 Å². The molecule has 1 heterocycles. The van der Waals surface area contributed by atoms with E-state index in [1.54, 1.807) is 0 Å². The predicted octanol–water partition coefficient (Wildman–Crippen LogP) is 2.62. The van der Waals surface area contributed by atoms with E-state index in [1.807, 2.05) is 0 Å². The normalized spacial score (nSPS) is 14.9. The first-order chi connectivity index (χ1) is 8.29. The van der Waals surface area contributed by atoms with E-state index in [0.29, 0.717) is 0 Å². The Bertz CT molecular complexity index is 403. The summed E-state index contributed by atoms with van der Waals surface area (Å²) in [5.41, 5.74) is 1.31. The second-order valence-electron chi connectivity index (χ2n) is 4.18. The van der Waals surface area contributed by atoms with E-state index in [2.05, 4.69) is 62.3 Å². The Hall–Kier alpha value is -1.03. The molecule has 1 aliphatic heterocycles. The van der Waals surface area contributed by atoms with Crippen molar-refractivity contribution in [1.29, 1.82) is 0 Å². The molecule has 0 bridgehead atoms. The Balaban J connectivity index is 1.96. The molecule has 92 valence electrons. The number of benzene rings is 1. The highest BCUT2D eigenvalue weighted by Gasteiger charge is 2.16. The number of nitrogens with one attached hydrogen (secondary N) is 1. The summed E-state index contributed by atoms with van der Waals surface area (Å²) in [6, 6.07) is 8.44. The molecular weight excluding hydrogens is 278 g/mol. The van der Waals surface area contributed by atoms with Gasteiger partial charge < -0.3 is 10.2 Å². The highest BCUT2D eigenvalue weighted by Crippen LogP contribution is 2.14. The van der Waals surface area contributed by atoms with Gasteiger partial charge in [0.25, 0.3) is 0 Å². The topological polar surface area (TPSA) is 27.6 Å². The lowest BCUT2D eigenvalue weighted by Crippen LogP contribution is -2.38. The number of halogens is 1. The SMILES string of the molecule is CCCNC1=NCCN1Cc1cccc(Br)c1. The molecule has 4 heteroatoms. The third-order valence-corrected chi connectivity index (χ3v) is 3.22. The van der Waals surface area contributed by atoms with Gasteiger partial charge >= 0.3 is 0 Å². The number of rotatable bonds is 4. The van der Waals surface area contributed by atoms with Gasteiger partial charge in [0.15, 0.2) is 5.96 Å². The van der Waals surface area contributed by atoms with Crippen LogP contribution in [0.4, 0.5) is 0 Å². The summed E-state index contributed by atoms with van der Waals surface area (Å²) >= 11 is 3.50. The zero-order chi connectivity index (χ0) is 12.1. The number of nitrogens with zero attached hydrogens (tertiary/aromatic N) is 2. The van der Waals surface area contributed by atoms with Gasteiger partial charge in [0.1, 0.15) is 0 Å². The van der Waals surface area contributed by atoms with Crippen molar-refractivity contribution in [2.45, 2.75) is 19.9 Å². The van der Waals surface area contributed by atoms with E-state index in [9.17, 15) is 0 Å². The van der Waals surface area contributed by atoms with Crippen molar-refractivity contribution in [3.05, 3.63) is 34.3 Å². The lowest BCUT2D eigenvalue weighted by atomic mass is 10.2. The molecule has 0 atom stereocenters. The van der Waals surface area contributed by atoms with Gasteiger partial charge in [0.2, 0.25) is 0 Å². The maximum absolute atomic E-state index is 4.49. The summed E-state index contributed by atoms with van der Waals surface area (Å²) in [7, 11) is 0. The Kier molecular flexibility index (Phi) is 4.42. The van der Waals surface area contributed by atoms with Crippen molar-refractivity contribution in [3.8, 4) is 0 Å². The molecule has 0 fully saturated rings. The largest absolute Gasteiger partial charge is 0.356 e. The Morgan fingerprint density at radius 2 is 2.35 bits per heavy atom. The molecule has 0 unspecified atom stereocenters. The van der Waals surface area contributed by atoms with E-state index < -0.39 is 0 Å². The minimum absolute atomic E-state index is 0.903. The molecule has 1 aromatic carbocycles. The minimum Gasteiger partial charge on any atom is -0.356 e. The summed E-state index contributed by atoms with van der Waals surface area (Å²) in [5.74, 6) is 1.05. The lowest BCUT2D eigenvalue weighted by molar-refractivity contribution is 0.437. The Labute approximate surface area is 111 Å². The summed E-state index contributed by atoms with van der Waals surface area (Å²) in [6.45, 7) is 6.00. The third-order valence-electron chi connectivity index (χ3n) is 2.73. The summed E-state index contributed by atoms with van der Waals surface area (Å²) in [5, 5.41) is 3.38. The van der Waals surface area contributed by atoms with E-state index >= 15 is 0 Å². The van der Waals surface area contributed by atoms with E-state index in [-0.39, 0.29) is 0 Å². The van der Waals surface area contributed by atoms with Crippen LogP contribution in [-0.2, 0) is 6.54 Å². The fourth-order valence-electron chi connectivity index (χ4n) is 1.90. The van der Waals surface area contributed by atoms with Gasteiger partial charge in [-0.2, -0.15) is 0 Å². The van der Waals surface area contributed by atoms with Crippen molar-refractivity contribution >= 4 is 21.9 Å². The van der Waals surface area contributed by atoms with E-state index in [4.69, 9.17) is 0 Å². The number of hydrogen-bond donors (Lipinski definition) is 1. The van der Waals surface area contributed by atoms with Gasteiger partial charge in [-0.1, -0.05) is 35.0 Å². The van der Waals surface area contributed by atoms with Crippen molar-refractivity contribution in [3.63, 3.8) is 0 Å². The van der Waals surface area contributed by atoms with E-state index in [1.165, 1.54) is 5.56 Å². The quantitative estimate of drug-likeness (QED) is 0.925. The fourth-order valence-corrected chi connectivity index (χ4v) is 2.34. The summed E-state index contributed by atoms with van der Waals surface area (Å²) in [4.78, 5) is 6.80. The van der Waals surface area contributed by atoms with Crippen LogP contribution in [0.5, 0.6) is 0 Å². The first-order valence-electron chi connectivity index (χ1n) is 6.07. The number of hydrogen-bond acceptors (Lipinski definition) is 3. The van der Waals surface area contributed by atoms with Crippen molar-refractivity contribution in [2.24, 2.45) is 4.99 Å². The molecule has 0 amide bonds. The van der Waals surface area contributed by atoms with Crippen LogP contribution in [-0.4, -0.2) is 30.5 Å². The molecule has 1 aliphatic rings. The molecular formula is C13H18BrN3. The highest BCUT2D eigenvalue weighted by atomic mass is 79.9. The Morgan fingerprint density at radius 1 is 1.47 bits per heavy atom. The molecule has 17 heavy (non-hydrogen) atoms.